The fourth-order valence-electron chi connectivity index (χ4n) is 5.20. The van der Waals surface area contributed by atoms with Crippen molar-refractivity contribution < 1.29 is 18.6 Å². The lowest BCUT2D eigenvalue weighted by Crippen LogP contribution is -2.44. The maximum atomic E-state index is 11.3. The molecule has 176 valence electrons. The van der Waals surface area contributed by atoms with Crippen LogP contribution in [0.4, 0.5) is 5.82 Å². The molecule has 5 atom stereocenters. The second-order valence-electron chi connectivity index (χ2n) is 9.06. The van der Waals surface area contributed by atoms with Crippen molar-refractivity contribution in [1.29, 1.82) is 0 Å². The molecule has 2 heterocycles. The summed E-state index contributed by atoms with van der Waals surface area (Å²) in [6.45, 7) is 1.45. The zero-order valence-electron chi connectivity index (χ0n) is 18.1. The molecular weight excluding hydrogens is 446 g/mol. The molecule has 5 rings (SSSR count). The standard InChI is InChI=1S/C21H27N7O4S/c1-21(30)16(8-13(18(21)29)9-26-33(22,31)32)28-11-25-17-19(23-10-24-20(17)28)27-15-7-6-12-4-2-3-5-14(12)15/h2-5,10-11,13,15-16,18,26,29-30H,6-9H2,1H3,(H2,22,31,32)(H,23,24,27)/t13-,15?,16-,18?,21+/m1/s1. The fraction of sp³-hybridized carbons (Fsp3) is 0.476. The highest BCUT2D eigenvalue weighted by atomic mass is 32.2. The van der Waals surface area contributed by atoms with Crippen molar-refractivity contribution in [2.24, 2.45) is 11.1 Å². The molecule has 0 amide bonds. The van der Waals surface area contributed by atoms with Crippen LogP contribution in [-0.4, -0.2) is 56.4 Å². The van der Waals surface area contributed by atoms with Crippen molar-refractivity contribution in [1.82, 2.24) is 24.2 Å². The van der Waals surface area contributed by atoms with Crippen LogP contribution in [-0.2, 0) is 16.6 Å². The number of anilines is 1. The van der Waals surface area contributed by atoms with E-state index in [0.717, 1.165) is 12.8 Å². The SMILES string of the molecule is C[C@@]1(O)C(O)[C@@H](CNS(N)(=O)=O)C[C@H]1n1cnc2c(NC3CCc4ccccc43)ncnc21. The van der Waals surface area contributed by atoms with E-state index >= 15 is 0 Å². The molecule has 2 aliphatic carbocycles. The smallest absolute Gasteiger partial charge is 0.274 e. The number of aliphatic hydroxyl groups is 2. The van der Waals surface area contributed by atoms with E-state index < -0.39 is 33.9 Å². The first kappa shape index (κ1) is 22.2. The van der Waals surface area contributed by atoms with Gasteiger partial charge >= 0.3 is 0 Å². The Morgan fingerprint density at radius 3 is 2.85 bits per heavy atom. The Morgan fingerprint density at radius 1 is 1.27 bits per heavy atom. The third-order valence-electron chi connectivity index (χ3n) is 6.93. The molecule has 0 aliphatic heterocycles. The van der Waals surface area contributed by atoms with Gasteiger partial charge in [-0.1, -0.05) is 24.3 Å². The van der Waals surface area contributed by atoms with Gasteiger partial charge < -0.3 is 20.1 Å². The Kier molecular flexibility index (Phi) is 5.37. The van der Waals surface area contributed by atoms with Crippen LogP contribution in [0.15, 0.2) is 36.9 Å². The highest BCUT2D eigenvalue weighted by Crippen LogP contribution is 2.44. The molecule has 6 N–H and O–H groups in total. The number of hydrogen-bond acceptors (Lipinski definition) is 8. The molecule has 2 aliphatic rings. The van der Waals surface area contributed by atoms with E-state index in [-0.39, 0.29) is 12.6 Å². The van der Waals surface area contributed by atoms with Gasteiger partial charge in [-0.3, -0.25) is 0 Å². The van der Waals surface area contributed by atoms with Crippen molar-refractivity contribution in [2.45, 2.75) is 50.0 Å². The molecule has 1 saturated carbocycles. The van der Waals surface area contributed by atoms with Crippen LogP contribution < -0.4 is 15.2 Å². The first-order valence-electron chi connectivity index (χ1n) is 10.8. The number of rotatable bonds is 6. The molecule has 1 aromatic carbocycles. The maximum absolute atomic E-state index is 11.3. The summed E-state index contributed by atoms with van der Waals surface area (Å²) in [4.78, 5) is 13.3. The van der Waals surface area contributed by atoms with Gasteiger partial charge in [-0.25, -0.2) is 24.8 Å². The Hall–Kier alpha value is -2.64. The van der Waals surface area contributed by atoms with Crippen LogP contribution >= 0.6 is 0 Å². The van der Waals surface area contributed by atoms with E-state index in [4.69, 9.17) is 5.14 Å². The number of nitrogens with one attached hydrogen (secondary N) is 2. The summed E-state index contributed by atoms with van der Waals surface area (Å²) in [5, 5.41) is 30.3. The molecule has 11 nitrogen and oxygen atoms in total. The number of benzene rings is 1. The van der Waals surface area contributed by atoms with Gasteiger partial charge in [-0.15, -0.1) is 0 Å². The monoisotopic (exact) mass is 473 g/mol. The van der Waals surface area contributed by atoms with Crippen molar-refractivity contribution in [2.75, 3.05) is 11.9 Å². The van der Waals surface area contributed by atoms with E-state index in [1.54, 1.807) is 10.9 Å². The third kappa shape index (κ3) is 3.97. The van der Waals surface area contributed by atoms with Crippen LogP contribution in [0.5, 0.6) is 0 Å². The largest absolute Gasteiger partial charge is 0.390 e. The molecule has 0 saturated heterocycles. The summed E-state index contributed by atoms with van der Waals surface area (Å²) in [5.74, 6) is 0.0706. The van der Waals surface area contributed by atoms with E-state index in [1.807, 2.05) is 12.1 Å². The third-order valence-corrected chi connectivity index (χ3v) is 7.50. The minimum Gasteiger partial charge on any atom is -0.390 e. The Balaban J connectivity index is 1.43. The number of aliphatic hydroxyl groups excluding tert-OH is 1. The predicted octanol–water partition coefficient (Wildman–Crippen LogP) is 0.392. The number of imidazole rings is 1. The van der Waals surface area contributed by atoms with E-state index in [2.05, 4.69) is 37.1 Å². The molecule has 3 aromatic rings. The summed E-state index contributed by atoms with van der Waals surface area (Å²) in [6.07, 6.45) is 4.12. The normalized spacial score (nSPS) is 29.5. The van der Waals surface area contributed by atoms with Gasteiger partial charge in [0.15, 0.2) is 11.5 Å². The van der Waals surface area contributed by atoms with Crippen molar-refractivity contribution in [3.63, 3.8) is 0 Å². The number of nitrogens with two attached hydrogens (primary N) is 1. The predicted molar refractivity (Wildman–Crippen MR) is 121 cm³/mol. The highest BCUT2D eigenvalue weighted by molar-refractivity contribution is 7.87. The van der Waals surface area contributed by atoms with E-state index in [1.165, 1.54) is 24.4 Å². The second kappa shape index (κ2) is 7.99. The number of fused-ring (bicyclic) bond motifs is 2. The molecule has 0 bridgehead atoms. The first-order valence-corrected chi connectivity index (χ1v) is 12.4. The van der Waals surface area contributed by atoms with Crippen LogP contribution in [0.1, 0.15) is 43.0 Å². The van der Waals surface area contributed by atoms with Gasteiger partial charge in [-0.05, 0) is 37.3 Å². The van der Waals surface area contributed by atoms with E-state index in [0.29, 0.717) is 23.4 Å². The van der Waals surface area contributed by atoms with Crippen molar-refractivity contribution in [3.05, 3.63) is 48.0 Å². The minimum absolute atomic E-state index is 0.0812. The van der Waals surface area contributed by atoms with Gasteiger partial charge in [0.2, 0.25) is 0 Å². The number of hydrogen-bond donors (Lipinski definition) is 5. The second-order valence-corrected chi connectivity index (χ2v) is 10.4. The average molecular weight is 474 g/mol. The molecule has 33 heavy (non-hydrogen) atoms. The molecule has 0 radical (unpaired) electrons. The summed E-state index contributed by atoms with van der Waals surface area (Å²) < 4.78 is 26.5. The number of nitrogens with zero attached hydrogens (tertiary/aromatic N) is 4. The maximum Gasteiger partial charge on any atom is 0.274 e. The lowest BCUT2D eigenvalue weighted by molar-refractivity contribution is -0.0722. The van der Waals surface area contributed by atoms with Crippen LogP contribution in [0.2, 0.25) is 0 Å². The molecule has 0 spiro atoms. The summed E-state index contributed by atoms with van der Waals surface area (Å²) in [6, 6.07) is 7.87. The topological polar surface area (TPSA) is 168 Å². The highest BCUT2D eigenvalue weighted by Gasteiger charge is 2.52. The molecule has 2 unspecified atom stereocenters. The van der Waals surface area contributed by atoms with Gasteiger partial charge in [0.1, 0.15) is 17.4 Å². The van der Waals surface area contributed by atoms with Gasteiger partial charge in [-0.2, -0.15) is 8.42 Å². The van der Waals surface area contributed by atoms with Crippen molar-refractivity contribution >= 4 is 27.2 Å². The summed E-state index contributed by atoms with van der Waals surface area (Å²) in [5.41, 5.74) is 2.13. The summed E-state index contributed by atoms with van der Waals surface area (Å²) in [7, 11) is -3.91. The van der Waals surface area contributed by atoms with Gasteiger partial charge in [0, 0.05) is 12.5 Å². The lowest BCUT2D eigenvalue weighted by Gasteiger charge is -2.30. The zero-order valence-corrected chi connectivity index (χ0v) is 18.9. The van der Waals surface area contributed by atoms with Crippen LogP contribution in [0.3, 0.4) is 0 Å². The Morgan fingerprint density at radius 2 is 2.06 bits per heavy atom. The van der Waals surface area contributed by atoms with Gasteiger partial charge in [0.05, 0.1) is 24.5 Å². The molecule has 1 fully saturated rings. The first-order chi connectivity index (χ1) is 15.6. The minimum atomic E-state index is -3.91. The molecular formula is C21H27N7O4S. The molecule has 12 heteroatoms. The summed E-state index contributed by atoms with van der Waals surface area (Å²) >= 11 is 0. The van der Waals surface area contributed by atoms with Crippen LogP contribution in [0, 0.1) is 5.92 Å². The average Bonchev–Trinajstić information content (AvgIpc) is 3.43. The number of aryl methyl sites for hydroxylation is 1. The lowest BCUT2D eigenvalue weighted by atomic mass is 9.96. The Bertz CT molecular complexity index is 1290. The quantitative estimate of drug-likeness (QED) is 0.342. The molecule has 2 aromatic heterocycles. The van der Waals surface area contributed by atoms with Crippen molar-refractivity contribution in [3.8, 4) is 0 Å². The Labute approximate surface area is 191 Å². The zero-order chi connectivity index (χ0) is 23.4. The van der Waals surface area contributed by atoms with Crippen LogP contribution in [0.25, 0.3) is 11.2 Å². The van der Waals surface area contributed by atoms with Gasteiger partial charge in [0.25, 0.3) is 10.2 Å². The fourth-order valence-corrected chi connectivity index (χ4v) is 5.65. The van der Waals surface area contributed by atoms with E-state index in [9.17, 15) is 18.6 Å². The number of aromatic nitrogens is 4.